The molecule has 2 aliphatic carbocycles. The van der Waals surface area contributed by atoms with E-state index in [4.69, 9.17) is 4.74 Å². The molecule has 0 aromatic heterocycles. The first-order chi connectivity index (χ1) is 9.70. The summed E-state index contributed by atoms with van der Waals surface area (Å²) in [5.41, 5.74) is -0.385. The molecular formula is C17H31NO2. The largest absolute Gasteiger partial charge is 0.465 e. The number of hydrogen-bond acceptors (Lipinski definition) is 3. The van der Waals surface area contributed by atoms with Crippen LogP contribution in [-0.4, -0.2) is 24.2 Å². The summed E-state index contributed by atoms with van der Waals surface area (Å²) in [6.07, 6.45) is 11.9. The second-order valence-corrected chi connectivity index (χ2v) is 6.63. The van der Waals surface area contributed by atoms with Crippen LogP contribution in [-0.2, 0) is 9.53 Å². The SMILES string of the molecule is CCOC(=O)C1(NC2CCCCC2)CCC(CC)CC1. The van der Waals surface area contributed by atoms with Gasteiger partial charge in [0.25, 0.3) is 0 Å². The quantitative estimate of drug-likeness (QED) is 0.779. The third-order valence-electron chi connectivity index (χ3n) is 5.29. The minimum atomic E-state index is -0.385. The van der Waals surface area contributed by atoms with Crippen LogP contribution in [0.25, 0.3) is 0 Å². The van der Waals surface area contributed by atoms with Crippen LogP contribution in [0.1, 0.15) is 78.1 Å². The van der Waals surface area contributed by atoms with E-state index < -0.39 is 0 Å². The van der Waals surface area contributed by atoms with Gasteiger partial charge in [0.1, 0.15) is 5.54 Å². The lowest BCUT2D eigenvalue weighted by Gasteiger charge is -2.42. The van der Waals surface area contributed by atoms with Crippen LogP contribution in [0, 0.1) is 5.92 Å². The third-order valence-corrected chi connectivity index (χ3v) is 5.29. The van der Waals surface area contributed by atoms with Crippen molar-refractivity contribution in [3.05, 3.63) is 0 Å². The molecular weight excluding hydrogens is 250 g/mol. The van der Waals surface area contributed by atoms with Crippen molar-refractivity contribution in [2.24, 2.45) is 5.92 Å². The highest BCUT2D eigenvalue weighted by Crippen LogP contribution is 2.36. The van der Waals surface area contributed by atoms with Crippen molar-refractivity contribution < 1.29 is 9.53 Å². The highest BCUT2D eigenvalue weighted by molar-refractivity contribution is 5.81. The molecule has 3 nitrogen and oxygen atoms in total. The molecule has 0 aromatic carbocycles. The van der Waals surface area contributed by atoms with Gasteiger partial charge in [-0.2, -0.15) is 0 Å². The zero-order valence-corrected chi connectivity index (χ0v) is 13.2. The second-order valence-electron chi connectivity index (χ2n) is 6.63. The van der Waals surface area contributed by atoms with Crippen molar-refractivity contribution >= 4 is 5.97 Å². The number of nitrogens with one attached hydrogen (secondary N) is 1. The Labute approximate surface area is 123 Å². The van der Waals surface area contributed by atoms with Crippen molar-refractivity contribution in [1.29, 1.82) is 0 Å². The Morgan fingerprint density at radius 2 is 1.75 bits per heavy atom. The summed E-state index contributed by atoms with van der Waals surface area (Å²) in [6.45, 7) is 4.66. The van der Waals surface area contributed by atoms with Crippen LogP contribution < -0.4 is 5.32 Å². The first-order valence-corrected chi connectivity index (χ1v) is 8.65. The monoisotopic (exact) mass is 281 g/mol. The fourth-order valence-corrected chi connectivity index (χ4v) is 3.89. The predicted molar refractivity (Wildman–Crippen MR) is 81.6 cm³/mol. The van der Waals surface area contributed by atoms with Crippen LogP contribution in [0.5, 0.6) is 0 Å². The van der Waals surface area contributed by atoms with Gasteiger partial charge in [0.15, 0.2) is 0 Å². The van der Waals surface area contributed by atoms with E-state index in [1.807, 2.05) is 6.92 Å². The molecule has 2 fully saturated rings. The zero-order valence-electron chi connectivity index (χ0n) is 13.2. The number of rotatable bonds is 5. The van der Waals surface area contributed by atoms with Crippen LogP contribution >= 0.6 is 0 Å². The van der Waals surface area contributed by atoms with Gasteiger partial charge in [0.05, 0.1) is 6.61 Å². The normalized spacial score (nSPS) is 32.0. The summed E-state index contributed by atoms with van der Waals surface area (Å²) in [5.74, 6) is 0.797. The Morgan fingerprint density at radius 3 is 2.30 bits per heavy atom. The Balaban J connectivity index is 2.01. The van der Waals surface area contributed by atoms with Crippen LogP contribution in [0.15, 0.2) is 0 Å². The smallest absolute Gasteiger partial charge is 0.326 e. The first kappa shape index (κ1) is 15.8. The van der Waals surface area contributed by atoms with Gasteiger partial charge in [-0.05, 0) is 51.4 Å². The van der Waals surface area contributed by atoms with Gasteiger partial charge in [-0.15, -0.1) is 0 Å². The molecule has 0 atom stereocenters. The molecule has 20 heavy (non-hydrogen) atoms. The van der Waals surface area contributed by atoms with E-state index in [9.17, 15) is 4.79 Å². The fourth-order valence-electron chi connectivity index (χ4n) is 3.89. The van der Waals surface area contributed by atoms with Crippen molar-refractivity contribution in [1.82, 2.24) is 5.32 Å². The Kier molecular flexibility index (Phi) is 5.88. The van der Waals surface area contributed by atoms with Gasteiger partial charge in [-0.25, -0.2) is 0 Å². The average Bonchev–Trinajstić information content (AvgIpc) is 2.49. The Hall–Kier alpha value is -0.570. The summed E-state index contributed by atoms with van der Waals surface area (Å²) in [5, 5.41) is 3.73. The molecule has 0 amide bonds. The summed E-state index contributed by atoms with van der Waals surface area (Å²) in [7, 11) is 0. The van der Waals surface area contributed by atoms with Crippen molar-refractivity contribution in [3.63, 3.8) is 0 Å². The molecule has 2 aliphatic rings. The maximum Gasteiger partial charge on any atom is 0.326 e. The lowest BCUT2D eigenvalue weighted by Crippen LogP contribution is -2.58. The number of ether oxygens (including phenoxy) is 1. The molecule has 0 heterocycles. The highest BCUT2D eigenvalue weighted by Gasteiger charge is 2.43. The summed E-state index contributed by atoms with van der Waals surface area (Å²) < 4.78 is 5.39. The second kappa shape index (κ2) is 7.44. The lowest BCUT2D eigenvalue weighted by atomic mass is 9.74. The van der Waals surface area contributed by atoms with Gasteiger partial charge in [-0.1, -0.05) is 32.6 Å². The maximum absolute atomic E-state index is 12.5. The third kappa shape index (κ3) is 3.75. The number of carbonyl (C=O) groups excluding carboxylic acids is 1. The van der Waals surface area contributed by atoms with Crippen molar-refractivity contribution in [2.75, 3.05) is 6.61 Å². The number of carbonyl (C=O) groups is 1. The topological polar surface area (TPSA) is 38.3 Å². The zero-order chi connectivity index (χ0) is 14.4. The fraction of sp³-hybridized carbons (Fsp3) is 0.941. The van der Waals surface area contributed by atoms with Crippen LogP contribution in [0.2, 0.25) is 0 Å². The molecule has 0 bridgehead atoms. The van der Waals surface area contributed by atoms with Gasteiger partial charge in [0, 0.05) is 6.04 Å². The van der Waals surface area contributed by atoms with E-state index in [0.717, 1.165) is 31.6 Å². The molecule has 0 saturated heterocycles. The standard InChI is InChI=1S/C17H31NO2/c1-3-14-10-12-17(13-11-14,16(19)20-4-2)18-15-8-6-5-7-9-15/h14-15,18H,3-13H2,1-2H3. The first-order valence-electron chi connectivity index (χ1n) is 8.65. The maximum atomic E-state index is 12.5. The van der Waals surface area contributed by atoms with Crippen LogP contribution in [0.4, 0.5) is 0 Å². The summed E-state index contributed by atoms with van der Waals surface area (Å²) in [6, 6.07) is 0.520. The molecule has 2 rings (SSSR count). The highest BCUT2D eigenvalue weighted by atomic mass is 16.5. The molecule has 2 saturated carbocycles. The average molecular weight is 281 g/mol. The predicted octanol–water partition coefficient (Wildman–Crippen LogP) is 3.81. The number of esters is 1. The van der Waals surface area contributed by atoms with Crippen molar-refractivity contribution in [2.45, 2.75) is 89.6 Å². The van der Waals surface area contributed by atoms with E-state index in [1.165, 1.54) is 38.5 Å². The van der Waals surface area contributed by atoms with E-state index in [2.05, 4.69) is 12.2 Å². The van der Waals surface area contributed by atoms with Crippen molar-refractivity contribution in [3.8, 4) is 0 Å². The van der Waals surface area contributed by atoms with Gasteiger partial charge in [0.2, 0.25) is 0 Å². The van der Waals surface area contributed by atoms with Crippen LogP contribution in [0.3, 0.4) is 0 Å². The molecule has 0 spiro atoms. The number of hydrogen-bond donors (Lipinski definition) is 1. The minimum absolute atomic E-state index is 0.000117. The molecule has 3 heteroatoms. The summed E-state index contributed by atoms with van der Waals surface area (Å²) in [4.78, 5) is 12.5. The van der Waals surface area contributed by atoms with Gasteiger partial charge >= 0.3 is 5.97 Å². The van der Waals surface area contributed by atoms with E-state index >= 15 is 0 Å². The minimum Gasteiger partial charge on any atom is -0.465 e. The van der Waals surface area contributed by atoms with E-state index in [-0.39, 0.29) is 11.5 Å². The van der Waals surface area contributed by atoms with Gasteiger partial charge in [-0.3, -0.25) is 10.1 Å². The van der Waals surface area contributed by atoms with Gasteiger partial charge < -0.3 is 4.74 Å². The van der Waals surface area contributed by atoms with E-state index in [1.54, 1.807) is 0 Å². The lowest BCUT2D eigenvalue weighted by molar-refractivity contribution is -0.154. The van der Waals surface area contributed by atoms with E-state index in [0.29, 0.717) is 12.6 Å². The molecule has 1 N–H and O–H groups in total. The molecule has 116 valence electrons. The molecule has 0 aliphatic heterocycles. The molecule has 0 aromatic rings. The Bertz CT molecular complexity index is 302. The molecule has 0 radical (unpaired) electrons. The molecule has 0 unspecified atom stereocenters. The summed E-state index contributed by atoms with van der Waals surface area (Å²) >= 11 is 0. The Morgan fingerprint density at radius 1 is 1.10 bits per heavy atom.